The van der Waals surface area contributed by atoms with Crippen molar-refractivity contribution in [3.8, 4) is 6.07 Å². The van der Waals surface area contributed by atoms with Gasteiger partial charge in [-0.15, -0.1) is 0 Å². The molecule has 0 heterocycles. The minimum absolute atomic E-state index is 0.132. The van der Waals surface area contributed by atoms with Crippen molar-refractivity contribution < 1.29 is 9.72 Å². The molecule has 2 N–H and O–H groups in total. The van der Waals surface area contributed by atoms with Gasteiger partial charge in [0, 0.05) is 12.3 Å². The molecule has 3 rings (SSSR count). The van der Waals surface area contributed by atoms with E-state index in [1.54, 1.807) is 12.1 Å². The summed E-state index contributed by atoms with van der Waals surface area (Å²) < 4.78 is 0. The summed E-state index contributed by atoms with van der Waals surface area (Å²) in [6, 6.07) is 14.0. The van der Waals surface area contributed by atoms with E-state index in [1.165, 1.54) is 42.3 Å². The van der Waals surface area contributed by atoms with Gasteiger partial charge >= 0.3 is 0 Å². The van der Waals surface area contributed by atoms with Crippen LogP contribution in [-0.4, -0.2) is 10.8 Å². The number of nitro groups is 1. The Morgan fingerprint density at radius 2 is 1.97 bits per heavy atom. The Kier molecular flexibility index (Phi) is 6.81. The van der Waals surface area contributed by atoms with Crippen molar-refractivity contribution in [2.75, 3.05) is 5.32 Å². The first-order valence-corrected chi connectivity index (χ1v) is 10.1. The van der Waals surface area contributed by atoms with Gasteiger partial charge in [0.15, 0.2) is 0 Å². The number of nitrogens with zero attached hydrogens (tertiary/aromatic N) is 2. The van der Waals surface area contributed by atoms with Crippen LogP contribution in [0, 0.1) is 21.4 Å². The average Bonchev–Trinajstić information content (AvgIpc) is 2.77. The van der Waals surface area contributed by atoms with Crippen LogP contribution in [0.15, 0.2) is 54.2 Å². The Hall–Kier alpha value is -3.66. The van der Waals surface area contributed by atoms with Crippen LogP contribution in [0.25, 0.3) is 0 Å². The molecule has 1 unspecified atom stereocenters. The topological polar surface area (TPSA) is 108 Å². The first-order chi connectivity index (χ1) is 14.5. The number of amides is 1. The van der Waals surface area contributed by atoms with Gasteiger partial charge in [-0.25, -0.2) is 0 Å². The summed E-state index contributed by atoms with van der Waals surface area (Å²) in [5.41, 5.74) is 3.66. The number of carbonyl (C=O) groups is 1. The number of carbonyl (C=O) groups excluding carboxylic acids is 1. The van der Waals surface area contributed by atoms with Gasteiger partial charge in [0.2, 0.25) is 0 Å². The molecule has 1 aliphatic rings. The zero-order valence-electron chi connectivity index (χ0n) is 16.9. The highest BCUT2D eigenvalue weighted by atomic mass is 16.6. The number of anilines is 1. The van der Waals surface area contributed by atoms with Crippen LogP contribution in [-0.2, 0) is 17.6 Å². The predicted octanol–water partition coefficient (Wildman–Crippen LogP) is 4.56. The van der Waals surface area contributed by atoms with Gasteiger partial charge in [0.05, 0.1) is 11.0 Å². The SMILES string of the molecule is CCC(NC(=O)/C(C#N)=C\Nc1ccccc1[N+](=O)[O-])c1ccc2c(c1)CCCC2. The van der Waals surface area contributed by atoms with Crippen LogP contribution in [0.2, 0.25) is 0 Å². The molecule has 0 aliphatic heterocycles. The highest BCUT2D eigenvalue weighted by molar-refractivity contribution is 5.97. The molecule has 0 bridgehead atoms. The third kappa shape index (κ3) is 4.84. The molecular weight excluding hydrogens is 380 g/mol. The second kappa shape index (κ2) is 9.70. The first-order valence-electron chi connectivity index (χ1n) is 10.1. The highest BCUT2D eigenvalue weighted by Crippen LogP contribution is 2.26. The minimum Gasteiger partial charge on any atom is -0.355 e. The quantitative estimate of drug-likeness (QED) is 0.304. The van der Waals surface area contributed by atoms with E-state index in [-0.39, 0.29) is 23.0 Å². The molecule has 154 valence electrons. The molecule has 30 heavy (non-hydrogen) atoms. The number of hydrogen-bond donors (Lipinski definition) is 2. The standard InChI is InChI=1S/C23H24N4O3/c1-2-20(18-12-11-16-7-3-4-8-17(16)13-18)26-23(28)19(14-24)15-25-21-9-5-6-10-22(21)27(29)30/h5-6,9-13,15,20,25H,2-4,7-8H2,1H3,(H,26,28)/b19-15-. The van der Waals surface area contributed by atoms with E-state index in [9.17, 15) is 20.2 Å². The number of fused-ring (bicyclic) bond motifs is 1. The van der Waals surface area contributed by atoms with E-state index in [1.807, 2.05) is 19.1 Å². The van der Waals surface area contributed by atoms with Crippen molar-refractivity contribution >= 4 is 17.3 Å². The molecule has 0 aromatic heterocycles. The van der Waals surface area contributed by atoms with E-state index in [2.05, 4.69) is 22.8 Å². The van der Waals surface area contributed by atoms with Crippen LogP contribution in [0.5, 0.6) is 0 Å². The number of hydrogen-bond acceptors (Lipinski definition) is 5. The molecule has 1 aliphatic carbocycles. The molecular formula is C23H24N4O3. The Bertz CT molecular complexity index is 1020. The molecule has 1 atom stereocenters. The molecule has 7 nitrogen and oxygen atoms in total. The highest BCUT2D eigenvalue weighted by Gasteiger charge is 2.19. The summed E-state index contributed by atoms with van der Waals surface area (Å²) in [7, 11) is 0. The van der Waals surface area contributed by atoms with Gasteiger partial charge in [-0.05, 0) is 54.9 Å². The number of aryl methyl sites for hydroxylation is 2. The van der Waals surface area contributed by atoms with Crippen molar-refractivity contribution in [1.82, 2.24) is 5.32 Å². The molecule has 0 saturated carbocycles. The van der Waals surface area contributed by atoms with Crippen molar-refractivity contribution in [1.29, 1.82) is 5.26 Å². The van der Waals surface area contributed by atoms with Crippen LogP contribution >= 0.6 is 0 Å². The molecule has 2 aromatic rings. The fourth-order valence-electron chi connectivity index (χ4n) is 3.68. The Balaban J connectivity index is 1.74. The lowest BCUT2D eigenvalue weighted by Gasteiger charge is -2.21. The zero-order valence-corrected chi connectivity index (χ0v) is 16.9. The van der Waals surface area contributed by atoms with Crippen LogP contribution in [0.4, 0.5) is 11.4 Å². The maximum absolute atomic E-state index is 12.7. The smallest absolute Gasteiger partial charge is 0.292 e. The Morgan fingerprint density at radius 1 is 1.23 bits per heavy atom. The summed E-state index contributed by atoms with van der Waals surface area (Å²) >= 11 is 0. The van der Waals surface area contributed by atoms with Crippen LogP contribution in [0.3, 0.4) is 0 Å². The summed E-state index contributed by atoms with van der Waals surface area (Å²) in [6.45, 7) is 1.98. The number of benzene rings is 2. The fourth-order valence-corrected chi connectivity index (χ4v) is 3.68. The first kappa shape index (κ1) is 21.1. The number of rotatable bonds is 7. The van der Waals surface area contributed by atoms with E-state index in [0.717, 1.165) is 18.4 Å². The largest absolute Gasteiger partial charge is 0.355 e. The third-order valence-corrected chi connectivity index (χ3v) is 5.33. The Labute approximate surface area is 175 Å². The number of nitrogens with one attached hydrogen (secondary N) is 2. The molecule has 7 heteroatoms. The molecule has 1 amide bonds. The van der Waals surface area contributed by atoms with Gasteiger partial charge < -0.3 is 10.6 Å². The van der Waals surface area contributed by atoms with Crippen molar-refractivity contribution in [3.05, 3.63) is 81.0 Å². The lowest BCUT2D eigenvalue weighted by atomic mass is 9.88. The third-order valence-electron chi connectivity index (χ3n) is 5.33. The molecule has 2 aromatic carbocycles. The summed E-state index contributed by atoms with van der Waals surface area (Å²) in [4.78, 5) is 23.3. The van der Waals surface area contributed by atoms with E-state index < -0.39 is 10.8 Å². The Morgan fingerprint density at radius 3 is 2.67 bits per heavy atom. The van der Waals surface area contributed by atoms with Gasteiger partial charge in [0.25, 0.3) is 11.6 Å². The average molecular weight is 404 g/mol. The zero-order chi connectivity index (χ0) is 21.5. The fraction of sp³-hybridized carbons (Fsp3) is 0.304. The second-order valence-electron chi connectivity index (χ2n) is 7.26. The number of nitro benzene ring substituents is 1. The van der Waals surface area contributed by atoms with Crippen molar-refractivity contribution in [2.24, 2.45) is 0 Å². The lowest BCUT2D eigenvalue weighted by Crippen LogP contribution is -2.29. The number of nitriles is 1. The summed E-state index contributed by atoms with van der Waals surface area (Å²) in [6.07, 6.45) is 6.42. The number of para-hydroxylation sites is 2. The van der Waals surface area contributed by atoms with Gasteiger partial charge in [-0.2, -0.15) is 5.26 Å². The second-order valence-corrected chi connectivity index (χ2v) is 7.26. The summed E-state index contributed by atoms with van der Waals surface area (Å²) in [5.74, 6) is -0.520. The normalized spacial score (nSPS) is 14.2. The van der Waals surface area contributed by atoms with Crippen LogP contribution < -0.4 is 10.6 Å². The summed E-state index contributed by atoms with van der Waals surface area (Å²) in [5, 5.41) is 26.2. The molecule has 0 spiro atoms. The van der Waals surface area contributed by atoms with Crippen molar-refractivity contribution in [3.63, 3.8) is 0 Å². The van der Waals surface area contributed by atoms with E-state index in [0.29, 0.717) is 6.42 Å². The van der Waals surface area contributed by atoms with Gasteiger partial charge in [-0.1, -0.05) is 37.3 Å². The van der Waals surface area contributed by atoms with E-state index >= 15 is 0 Å². The van der Waals surface area contributed by atoms with Crippen LogP contribution in [0.1, 0.15) is 48.9 Å². The van der Waals surface area contributed by atoms with Gasteiger partial charge in [-0.3, -0.25) is 14.9 Å². The minimum atomic E-state index is -0.522. The molecule has 0 fully saturated rings. The monoisotopic (exact) mass is 404 g/mol. The van der Waals surface area contributed by atoms with Crippen molar-refractivity contribution in [2.45, 2.75) is 45.1 Å². The van der Waals surface area contributed by atoms with Gasteiger partial charge in [0.1, 0.15) is 17.3 Å². The molecule has 0 saturated heterocycles. The van der Waals surface area contributed by atoms with E-state index in [4.69, 9.17) is 0 Å². The predicted molar refractivity (Wildman–Crippen MR) is 115 cm³/mol. The maximum atomic E-state index is 12.7. The molecule has 0 radical (unpaired) electrons. The lowest BCUT2D eigenvalue weighted by molar-refractivity contribution is -0.383. The maximum Gasteiger partial charge on any atom is 0.292 e.